The highest BCUT2D eigenvalue weighted by Gasteiger charge is 2.01. The number of hydrogen-bond donors (Lipinski definition) is 3. The van der Waals surface area contributed by atoms with E-state index in [0.29, 0.717) is 0 Å². The minimum Gasteiger partial charge on any atom is -0.475 e. The second-order valence-electron chi connectivity index (χ2n) is 1.72. The van der Waals surface area contributed by atoms with Gasteiger partial charge in [0.15, 0.2) is 0 Å². The summed E-state index contributed by atoms with van der Waals surface area (Å²) in [5.74, 6) is -0.104. The molecule has 0 aromatic heterocycles. The van der Waals surface area contributed by atoms with Crippen molar-refractivity contribution in [2.24, 2.45) is 0 Å². The first kappa shape index (κ1) is 9.13. The number of hydrogen-bond acceptors (Lipinski definition) is 4. The highest BCUT2D eigenvalue weighted by atomic mass is 16.5. The molecule has 0 radical (unpaired) electrons. The van der Waals surface area contributed by atoms with E-state index < -0.39 is 6.10 Å². The molecule has 0 aromatic rings. The predicted octanol–water partition coefficient (Wildman–Crippen LogP) is -0.481. The van der Waals surface area contributed by atoms with Crippen LogP contribution < -0.4 is 0 Å². The SMILES string of the molecule is C=CC(=N)OCC(O)CO. The highest BCUT2D eigenvalue weighted by molar-refractivity contribution is 5.83. The zero-order valence-electron chi connectivity index (χ0n) is 5.58. The molecule has 4 heteroatoms. The third-order valence-electron chi connectivity index (χ3n) is 0.827. The Morgan fingerprint density at radius 1 is 1.80 bits per heavy atom. The van der Waals surface area contributed by atoms with Crippen molar-refractivity contribution in [3.05, 3.63) is 12.7 Å². The van der Waals surface area contributed by atoms with Crippen molar-refractivity contribution >= 4 is 5.90 Å². The van der Waals surface area contributed by atoms with Crippen molar-refractivity contribution in [3.63, 3.8) is 0 Å². The fourth-order valence-corrected chi connectivity index (χ4v) is 0.298. The second-order valence-corrected chi connectivity index (χ2v) is 1.72. The Balaban J connectivity index is 3.34. The fraction of sp³-hybridized carbons (Fsp3) is 0.500. The zero-order chi connectivity index (χ0) is 7.98. The molecule has 58 valence electrons. The van der Waals surface area contributed by atoms with Crippen LogP contribution in [0.5, 0.6) is 0 Å². The number of aliphatic hydroxyl groups is 2. The van der Waals surface area contributed by atoms with E-state index in [1.54, 1.807) is 0 Å². The van der Waals surface area contributed by atoms with Gasteiger partial charge in [0.25, 0.3) is 0 Å². The monoisotopic (exact) mass is 145 g/mol. The van der Waals surface area contributed by atoms with Crippen LogP contribution in [0.3, 0.4) is 0 Å². The first-order chi connectivity index (χ1) is 4.70. The van der Waals surface area contributed by atoms with Gasteiger partial charge in [0.05, 0.1) is 6.61 Å². The molecule has 0 aromatic carbocycles. The summed E-state index contributed by atoms with van der Waals surface area (Å²) in [6.07, 6.45) is 0.296. The zero-order valence-corrected chi connectivity index (χ0v) is 5.58. The normalized spacial score (nSPS) is 12.2. The number of nitrogens with one attached hydrogen (secondary N) is 1. The molecule has 0 saturated heterocycles. The van der Waals surface area contributed by atoms with Crippen molar-refractivity contribution < 1.29 is 14.9 Å². The Bertz CT molecular complexity index is 124. The van der Waals surface area contributed by atoms with Gasteiger partial charge in [-0.05, 0) is 6.08 Å². The minimum absolute atomic E-state index is 0.0681. The van der Waals surface area contributed by atoms with Crippen LogP contribution in [0.2, 0.25) is 0 Å². The van der Waals surface area contributed by atoms with Crippen LogP contribution >= 0.6 is 0 Å². The average Bonchev–Trinajstić information content (AvgIpc) is 1.99. The summed E-state index contributed by atoms with van der Waals surface area (Å²) in [4.78, 5) is 0. The summed E-state index contributed by atoms with van der Waals surface area (Å²) in [6.45, 7) is 2.85. The van der Waals surface area contributed by atoms with Crippen molar-refractivity contribution in [2.45, 2.75) is 6.10 Å². The van der Waals surface area contributed by atoms with Gasteiger partial charge < -0.3 is 14.9 Å². The Morgan fingerprint density at radius 3 is 2.80 bits per heavy atom. The lowest BCUT2D eigenvalue weighted by molar-refractivity contribution is 0.0498. The van der Waals surface area contributed by atoms with Gasteiger partial charge >= 0.3 is 0 Å². The molecule has 0 rings (SSSR count). The molecule has 0 saturated carbocycles. The van der Waals surface area contributed by atoms with E-state index in [1.165, 1.54) is 6.08 Å². The number of rotatable bonds is 4. The summed E-state index contributed by atoms with van der Waals surface area (Å²) in [7, 11) is 0. The third-order valence-corrected chi connectivity index (χ3v) is 0.827. The second kappa shape index (κ2) is 4.96. The molecule has 4 nitrogen and oxygen atoms in total. The molecular formula is C6H11NO3. The average molecular weight is 145 g/mol. The van der Waals surface area contributed by atoms with Gasteiger partial charge in [-0.3, -0.25) is 5.41 Å². The van der Waals surface area contributed by atoms with E-state index in [1.807, 2.05) is 0 Å². The van der Waals surface area contributed by atoms with E-state index in [2.05, 4.69) is 11.3 Å². The fourth-order valence-electron chi connectivity index (χ4n) is 0.298. The van der Waals surface area contributed by atoms with E-state index in [4.69, 9.17) is 15.6 Å². The van der Waals surface area contributed by atoms with E-state index in [9.17, 15) is 0 Å². The van der Waals surface area contributed by atoms with E-state index in [-0.39, 0.29) is 19.1 Å². The minimum atomic E-state index is -0.916. The van der Waals surface area contributed by atoms with Crippen molar-refractivity contribution in [3.8, 4) is 0 Å². The van der Waals surface area contributed by atoms with Crippen LogP contribution in [0.1, 0.15) is 0 Å². The quantitative estimate of drug-likeness (QED) is 0.369. The van der Waals surface area contributed by atoms with Gasteiger partial charge in [-0.1, -0.05) is 6.58 Å². The first-order valence-corrected chi connectivity index (χ1v) is 2.83. The van der Waals surface area contributed by atoms with Gasteiger partial charge in [0.1, 0.15) is 12.7 Å². The van der Waals surface area contributed by atoms with E-state index >= 15 is 0 Å². The van der Waals surface area contributed by atoms with Gasteiger partial charge in [0, 0.05) is 0 Å². The van der Waals surface area contributed by atoms with Crippen LogP contribution in [0.25, 0.3) is 0 Å². The van der Waals surface area contributed by atoms with Crippen LogP contribution in [-0.2, 0) is 4.74 Å². The highest BCUT2D eigenvalue weighted by Crippen LogP contribution is 1.85. The molecule has 1 atom stereocenters. The molecule has 1 unspecified atom stereocenters. The molecule has 0 heterocycles. The lowest BCUT2D eigenvalue weighted by Gasteiger charge is -2.07. The molecule has 0 spiro atoms. The Hall–Kier alpha value is -0.870. The van der Waals surface area contributed by atoms with Gasteiger partial charge in [-0.2, -0.15) is 0 Å². The summed E-state index contributed by atoms with van der Waals surface area (Å²) in [6, 6.07) is 0. The van der Waals surface area contributed by atoms with Gasteiger partial charge in [0.2, 0.25) is 5.90 Å². The van der Waals surface area contributed by atoms with Crippen LogP contribution in [0.4, 0.5) is 0 Å². The van der Waals surface area contributed by atoms with Crippen LogP contribution in [0, 0.1) is 5.41 Å². The standard InChI is InChI=1S/C6H11NO3/c1-2-6(7)10-4-5(9)3-8/h2,5,7-9H,1,3-4H2. The largest absolute Gasteiger partial charge is 0.475 e. The number of aliphatic hydroxyl groups excluding tert-OH is 2. The molecular weight excluding hydrogens is 134 g/mol. The molecule has 0 bridgehead atoms. The molecule has 10 heavy (non-hydrogen) atoms. The molecule has 0 aliphatic carbocycles. The molecule has 0 aliphatic heterocycles. The van der Waals surface area contributed by atoms with Crippen LogP contribution in [-0.4, -0.2) is 35.4 Å². The maximum absolute atomic E-state index is 8.70. The third kappa shape index (κ3) is 4.05. The predicted molar refractivity (Wildman–Crippen MR) is 37.0 cm³/mol. The lowest BCUT2D eigenvalue weighted by Crippen LogP contribution is -2.20. The smallest absolute Gasteiger partial charge is 0.205 e. The summed E-state index contributed by atoms with van der Waals surface area (Å²) >= 11 is 0. The topological polar surface area (TPSA) is 73.5 Å². The Kier molecular flexibility index (Phi) is 4.53. The maximum atomic E-state index is 8.70. The summed E-state index contributed by atoms with van der Waals surface area (Å²) in [5.41, 5.74) is 0. The molecule has 0 amide bonds. The summed E-state index contributed by atoms with van der Waals surface area (Å²) in [5, 5.41) is 23.9. The number of ether oxygens (including phenoxy) is 1. The first-order valence-electron chi connectivity index (χ1n) is 2.83. The molecule has 0 fully saturated rings. The lowest BCUT2D eigenvalue weighted by atomic mass is 10.4. The van der Waals surface area contributed by atoms with Crippen molar-refractivity contribution in [1.29, 1.82) is 5.41 Å². The van der Waals surface area contributed by atoms with Gasteiger partial charge in [-0.25, -0.2) is 0 Å². The Morgan fingerprint density at radius 2 is 2.40 bits per heavy atom. The van der Waals surface area contributed by atoms with Crippen molar-refractivity contribution in [1.82, 2.24) is 0 Å². The van der Waals surface area contributed by atoms with Crippen LogP contribution in [0.15, 0.2) is 12.7 Å². The summed E-state index contributed by atoms with van der Waals surface area (Å²) < 4.78 is 4.60. The maximum Gasteiger partial charge on any atom is 0.205 e. The van der Waals surface area contributed by atoms with E-state index in [0.717, 1.165) is 0 Å². The van der Waals surface area contributed by atoms with Gasteiger partial charge in [-0.15, -0.1) is 0 Å². The van der Waals surface area contributed by atoms with Crippen molar-refractivity contribution in [2.75, 3.05) is 13.2 Å². The molecule has 0 aliphatic rings. The molecule has 3 N–H and O–H groups in total. The Labute approximate surface area is 59.3 Å².